The average Bonchev–Trinajstić information content (AvgIpc) is 3.10. The van der Waals surface area contributed by atoms with Crippen molar-refractivity contribution in [1.82, 2.24) is 4.57 Å². The van der Waals surface area contributed by atoms with E-state index in [1.165, 1.54) is 95.0 Å². The first-order chi connectivity index (χ1) is 13.4. The molecule has 27 heavy (non-hydrogen) atoms. The molecule has 2 heteroatoms. The minimum atomic E-state index is 1.16. The second-order valence-corrected chi connectivity index (χ2v) is 7.90. The van der Waals surface area contributed by atoms with Gasteiger partial charge in [-0.2, -0.15) is 4.57 Å². The van der Waals surface area contributed by atoms with Crippen LogP contribution in [0.3, 0.4) is 0 Å². The summed E-state index contributed by atoms with van der Waals surface area (Å²) in [5.74, 6) is 1.47. The molecular weight excluding hydrogens is 328 g/mol. The van der Waals surface area contributed by atoms with E-state index >= 15 is 0 Å². The third-order valence-electron chi connectivity index (χ3n) is 5.55. The molecule has 0 saturated carbocycles. The van der Waals surface area contributed by atoms with Crippen molar-refractivity contribution in [3.05, 3.63) is 48.5 Å². The van der Waals surface area contributed by atoms with Crippen LogP contribution < -0.4 is 4.57 Å². The third kappa shape index (κ3) is 7.91. The van der Waals surface area contributed by atoms with Gasteiger partial charge in [0, 0.05) is 6.42 Å². The minimum Gasteiger partial charge on any atom is -0.234 e. The minimum absolute atomic E-state index is 1.16. The molecule has 0 amide bonds. The molecule has 150 valence electrons. The van der Waals surface area contributed by atoms with Gasteiger partial charge in [-0.3, -0.25) is 0 Å². The Bertz CT molecular complexity index is 600. The number of unbranched alkanes of at least 4 members (excludes halogenated alkanes) is 10. The molecule has 0 spiro atoms. The molecule has 0 aliphatic rings. The quantitative estimate of drug-likeness (QED) is 0.235. The molecule has 0 aliphatic carbocycles. The molecule has 1 aromatic heterocycles. The maximum atomic E-state index is 2.50. The standard InChI is InChI=1S/C25H41N2/c1-3-5-7-8-9-10-11-12-17-21-26-22-23-27(24-18-15-13-16-19-24)25(26)20-14-6-4-2/h13,15-16,18-19,22-23H,3-12,14,17,20-21H2,1-2H3/q+1. The van der Waals surface area contributed by atoms with E-state index in [1.807, 2.05) is 0 Å². The van der Waals surface area contributed by atoms with Gasteiger partial charge in [0.15, 0.2) is 0 Å². The van der Waals surface area contributed by atoms with E-state index in [4.69, 9.17) is 0 Å². The summed E-state index contributed by atoms with van der Waals surface area (Å²) in [5.41, 5.74) is 1.29. The number of aromatic nitrogens is 2. The van der Waals surface area contributed by atoms with Gasteiger partial charge in [0.25, 0.3) is 5.82 Å². The number of para-hydroxylation sites is 1. The monoisotopic (exact) mass is 369 g/mol. The first-order valence-electron chi connectivity index (χ1n) is 11.5. The Balaban J connectivity index is 1.82. The summed E-state index contributed by atoms with van der Waals surface area (Å²) >= 11 is 0. The molecule has 0 unspecified atom stereocenters. The Morgan fingerprint density at radius 2 is 1.30 bits per heavy atom. The van der Waals surface area contributed by atoms with E-state index in [0.29, 0.717) is 0 Å². The zero-order valence-corrected chi connectivity index (χ0v) is 17.8. The zero-order chi connectivity index (χ0) is 19.2. The maximum absolute atomic E-state index is 2.50. The second-order valence-electron chi connectivity index (χ2n) is 7.90. The molecule has 0 radical (unpaired) electrons. The van der Waals surface area contributed by atoms with Crippen molar-refractivity contribution in [2.75, 3.05) is 0 Å². The van der Waals surface area contributed by atoms with Crippen LogP contribution in [0.25, 0.3) is 5.69 Å². The molecule has 1 heterocycles. The van der Waals surface area contributed by atoms with Crippen LogP contribution in [-0.4, -0.2) is 4.57 Å². The van der Waals surface area contributed by atoms with Crippen LogP contribution in [0.4, 0.5) is 0 Å². The van der Waals surface area contributed by atoms with Gasteiger partial charge in [-0.1, -0.05) is 89.8 Å². The molecule has 1 aromatic carbocycles. The maximum Gasteiger partial charge on any atom is 0.261 e. The Morgan fingerprint density at radius 3 is 1.96 bits per heavy atom. The Labute approximate surface area is 167 Å². The number of imidazole rings is 1. The van der Waals surface area contributed by atoms with Crippen molar-refractivity contribution in [2.24, 2.45) is 0 Å². The van der Waals surface area contributed by atoms with E-state index in [0.717, 1.165) is 6.54 Å². The highest BCUT2D eigenvalue weighted by atomic mass is 15.1. The van der Waals surface area contributed by atoms with E-state index in [1.54, 1.807) is 0 Å². The Kier molecular flexibility index (Phi) is 10.9. The molecule has 0 atom stereocenters. The fourth-order valence-corrected chi connectivity index (χ4v) is 3.87. The molecule has 0 aliphatic heterocycles. The van der Waals surface area contributed by atoms with Gasteiger partial charge in [-0.25, -0.2) is 4.57 Å². The van der Waals surface area contributed by atoms with Gasteiger partial charge in [-0.05, 0) is 31.4 Å². The van der Waals surface area contributed by atoms with Crippen molar-refractivity contribution in [3.63, 3.8) is 0 Å². The normalized spacial score (nSPS) is 11.2. The topological polar surface area (TPSA) is 8.81 Å². The van der Waals surface area contributed by atoms with Crippen LogP contribution in [0.15, 0.2) is 42.7 Å². The predicted molar refractivity (Wildman–Crippen MR) is 116 cm³/mol. The lowest BCUT2D eigenvalue weighted by atomic mass is 10.1. The molecule has 2 rings (SSSR count). The van der Waals surface area contributed by atoms with Crippen LogP contribution >= 0.6 is 0 Å². The SMILES string of the molecule is CCCCCCCCCCC[n+]1ccn(-c2ccccc2)c1CCCCC. The predicted octanol–water partition coefficient (Wildman–Crippen LogP) is 7.03. The Morgan fingerprint density at radius 1 is 0.704 bits per heavy atom. The summed E-state index contributed by atoms with van der Waals surface area (Å²) in [6.45, 7) is 5.74. The summed E-state index contributed by atoms with van der Waals surface area (Å²) in [5, 5.41) is 0. The molecular formula is C25H41N2+. The van der Waals surface area contributed by atoms with Crippen molar-refractivity contribution in [1.29, 1.82) is 0 Å². The fourth-order valence-electron chi connectivity index (χ4n) is 3.87. The smallest absolute Gasteiger partial charge is 0.234 e. The van der Waals surface area contributed by atoms with Gasteiger partial charge in [0.2, 0.25) is 0 Å². The first-order valence-corrected chi connectivity index (χ1v) is 11.5. The molecule has 0 bridgehead atoms. The lowest BCUT2D eigenvalue weighted by Gasteiger charge is -2.06. The summed E-state index contributed by atoms with van der Waals surface area (Å²) in [6.07, 6.45) is 22.1. The van der Waals surface area contributed by atoms with Crippen molar-refractivity contribution >= 4 is 0 Å². The van der Waals surface area contributed by atoms with E-state index in [2.05, 4.69) is 65.7 Å². The summed E-state index contributed by atoms with van der Waals surface area (Å²) < 4.78 is 4.90. The lowest BCUT2D eigenvalue weighted by molar-refractivity contribution is -0.704. The van der Waals surface area contributed by atoms with Gasteiger partial charge < -0.3 is 0 Å². The summed E-state index contributed by atoms with van der Waals surface area (Å²) in [4.78, 5) is 0. The lowest BCUT2D eigenvalue weighted by Crippen LogP contribution is -2.37. The zero-order valence-electron chi connectivity index (χ0n) is 17.8. The molecule has 0 saturated heterocycles. The molecule has 0 fully saturated rings. The van der Waals surface area contributed by atoms with Crippen LogP contribution in [0.5, 0.6) is 0 Å². The number of benzene rings is 1. The number of hydrogen-bond donors (Lipinski definition) is 0. The molecule has 0 N–H and O–H groups in total. The van der Waals surface area contributed by atoms with Crippen LogP contribution in [0.1, 0.15) is 96.7 Å². The highest BCUT2D eigenvalue weighted by molar-refractivity contribution is 5.31. The van der Waals surface area contributed by atoms with E-state index < -0.39 is 0 Å². The molecule has 2 aromatic rings. The van der Waals surface area contributed by atoms with Gasteiger partial charge in [-0.15, -0.1) is 0 Å². The number of nitrogens with zero attached hydrogens (tertiary/aromatic N) is 2. The fraction of sp³-hybridized carbons (Fsp3) is 0.640. The number of rotatable bonds is 15. The van der Waals surface area contributed by atoms with Gasteiger partial charge >= 0.3 is 0 Å². The van der Waals surface area contributed by atoms with Gasteiger partial charge in [0.1, 0.15) is 18.1 Å². The van der Waals surface area contributed by atoms with Crippen LogP contribution in [0.2, 0.25) is 0 Å². The average molecular weight is 370 g/mol. The first kappa shape index (κ1) is 21.7. The van der Waals surface area contributed by atoms with Crippen LogP contribution in [0, 0.1) is 0 Å². The number of hydrogen-bond acceptors (Lipinski definition) is 0. The molecule has 2 nitrogen and oxygen atoms in total. The highest BCUT2D eigenvalue weighted by Crippen LogP contribution is 2.13. The largest absolute Gasteiger partial charge is 0.261 e. The highest BCUT2D eigenvalue weighted by Gasteiger charge is 2.17. The van der Waals surface area contributed by atoms with E-state index in [9.17, 15) is 0 Å². The van der Waals surface area contributed by atoms with Crippen molar-refractivity contribution < 1.29 is 4.57 Å². The Hall–Kier alpha value is -1.57. The van der Waals surface area contributed by atoms with E-state index in [-0.39, 0.29) is 0 Å². The van der Waals surface area contributed by atoms with Gasteiger partial charge in [0.05, 0.1) is 6.54 Å². The van der Waals surface area contributed by atoms with Crippen molar-refractivity contribution in [3.8, 4) is 5.69 Å². The number of aryl methyl sites for hydroxylation is 1. The second kappa shape index (κ2) is 13.6. The van der Waals surface area contributed by atoms with Crippen molar-refractivity contribution in [2.45, 2.75) is 104 Å². The van der Waals surface area contributed by atoms with Crippen LogP contribution in [-0.2, 0) is 13.0 Å². The third-order valence-corrected chi connectivity index (χ3v) is 5.55. The summed E-state index contributed by atoms with van der Waals surface area (Å²) in [7, 11) is 0. The summed E-state index contributed by atoms with van der Waals surface area (Å²) in [6, 6.07) is 10.8.